The van der Waals surface area contributed by atoms with Gasteiger partial charge in [-0.15, -0.1) is 0 Å². The Balaban J connectivity index is 2.16. The van der Waals surface area contributed by atoms with E-state index in [4.69, 9.17) is 27.9 Å². The van der Waals surface area contributed by atoms with Gasteiger partial charge in [0.1, 0.15) is 5.75 Å². The van der Waals surface area contributed by atoms with Gasteiger partial charge in [-0.2, -0.15) is 0 Å². The van der Waals surface area contributed by atoms with Crippen molar-refractivity contribution in [2.24, 2.45) is 0 Å². The summed E-state index contributed by atoms with van der Waals surface area (Å²) in [6.45, 7) is 14.1. The third-order valence-electron chi connectivity index (χ3n) is 8.26. The van der Waals surface area contributed by atoms with Crippen molar-refractivity contribution in [3.8, 4) is 11.4 Å². The van der Waals surface area contributed by atoms with Gasteiger partial charge in [-0.05, 0) is 85.3 Å². The third kappa shape index (κ3) is 6.54. The Bertz CT molecular complexity index is 1720. The van der Waals surface area contributed by atoms with Gasteiger partial charge >= 0.3 is 0 Å². The first-order valence-electron chi connectivity index (χ1n) is 15.3. The summed E-state index contributed by atoms with van der Waals surface area (Å²) in [5.74, 6) is 0.607. The lowest BCUT2D eigenvalue weighted by Gasteiger charge is -2.41. The fraction of sp³-hybridized carbons (Fsp3) is 0.333. The number of rotatable bonds is 14. The molecule has 4 aromatic rings. The molecule has 0 aliphatic rings. The number of benzene rings is 3. The summed E-state index contributed by atoms with van der Waals surface area (Å²) in [7, 11) is 3.42. The molecule has 0 fully saturated rings. The van der Waals surface area contributed by atoms with Crippen molar-refractivity contribution < 1.29 is 14.3 Å². The van der Waals surface area contributed by atoms with E-state index in [-0.39, 0.29) is 5.92 Å². The number of hydrogen-bond donors (Lipinski definition) is 1. The summed E-state index contributed by atoms with van der Waals surface area (Å²) in [6.07, 6.45) is 3.59. The van der Waals surface area contributed by atoms with E-state index in [0.29, 0.717) is 44.7 Å². The highest BCUT2D eigenvalue weighted by molar-refractivity contribution is 7.97. The number of halogens is 2. The summed E-state index contributed by atoms with van der Waals surface area (Å²) in [6, 6.07) is 16.8. The molecule has 1 aromatic heterocycles. The molecular formula is C36H42Cl2N4O3S. The summed E-state index contributed by atoms with van der Waals surface area (Å²) in [5, 5.41) is 4.16. The fourth-order valence-electron chi connectivity index (χ4n) is 6.12. The van der Waals surface area contributed by atoms with E-state index in [1.807, 2.05) is 38.2 Å². The van der Waals surface area contributed by atoms with Crippen LogP contribution >= 0.6 is 35.1 Å². The molecule has 7 nitrogen and oxygen atoms in total. The zero-order valence-corrected chi connectivity index (χ0v) is 30.0. The van der Waals surface area contributed by atoms with Crippen molar-refractivity contribution in [2.75, 3.05) is 37.5 Å². The van der Waals surface area contributed by atoms with Crippen LogP contribution in [0.3, 0.4) is 0 Å². The van der Waals surface area contributed by atoms with Gasteiger partial charge in [0.15, 0.2) is 11.8 Å². The van der Waals surface area contributed by atoms with E-state index in [0.717, 1.165) is 46.8 Å². The summed E-state index contributed by atoms with van der Waals surface area (Å²) >= 11 is 14.6. The molecule has 0 saturated heterocycles. The number of hydrogen-bond acceptors (Lipinski definition) is 6. The van der Waals surface area contributed by atoms with Crippen molar-refractivity contribution in [2.45, 2.75) is 57.9 Å². The molecule has 0 saturated carbocycles. The molecule has 0 aliphatic heterocycles. The summed E-state index contributed by atoms with van der Waals surface area (Å²) in [5.41, 5.74) is 4.07. The number of ether oxygens (including phenoxy) is 1. The van der Waals surface area contributed by atoms with Crippen molar-refractivity contribution >= 4 is 59.2 Å². The fourth-order valence-corrected chi connectivity index (χ4v) is 7.31. The Morgan fingerprint density at radius 2 is 1.65 bits per heavy atom. The number of aromatic nitrogens is 1. The zero-order valence-electron chi connectivity index (χ0n) is 27.7. The molecule has 3 aromatic carbocycles. The smallest absolute Gasteiger partial charge is 0.215 e. The lowest BCUT2D eigenvalue weighted by atomic mass is 9.77. The summed E-state index contributed by atoms with van der Waals surface area (Å²) in [4.78, 5) is 30.0. The molecule has 0 spiro atoms. The van der Waals surface area contributed by atoms with Crippen LogP contribution < -0.4 is 15.0 Å². The van der Waals surface area contributed by atoms with Gasteiger partial charge in [0.2, 0.25) is 6.41 Å². The highest BCUT2D eigenvalue weighted by Crippen LogP contribution is 2.48. The molecule has 0 radical (unpaired) electrons. The van der Waals surface area contributed by atoms with Gasteiger partial charge in [0.05, 0.1) is 12.8 Å². The van der Waals surface area contributed by atoms with E-state index >= 15 is 0 Å². The number of aryl methyl sites for hydroxylation is 2. The largest absolute Gasteiger partial charge is 0.495 e. The number of aldehydes is 1. The molecule has 0 bridgehead atoms. The van der Waals surface area contributed by atoms with Crippen molar-refractivity contribution in [1.29, 1.82) is 0 Å². The number of amides is 1. The lowest BCUT2D eigenvalue weighted by Crippen LogP contribution is -2.50. The van der Waals surface area contributed by atoms with Gasteiger partial charge < -0.3 is 14.6 Å². The minimum Gasteiger partial charge on any atom is -0.495 e. The molecule has 4 rings (SSSR count). The standard InChI is InChI=1S/C36H42Cl2N4O3S/c1-9-40(10-2)46-28-14-16-33(45-8)32(19-28)41-20-25(6)34(35(41)23(3)4)36(21-43,29-15-13-26(37)17-30(29)39-7)42(22-44)31-18-27(38)12-11-24(31)5/h11-23,39H,9-10H2,1-8H3. The first kappa shape index (κ1) is 35.4. The van der Waals surface area contributed by atoms with E-state index in [9.17, 15) is 9.59 Å². The minimum absolute atomic E-state index is 0.0777. The van der Waals surface area contributed by atoms with Crippen LogP contribution in [-0.4, -0.2) is 48.8 Å². The quantitative estimate of drug-likeness (QED) is 0.106. The van der Waals surface area contributed by atoms with Crippen LogP contribution in [0.25, 0.3) is 5.69 Å². The number of anilines is 2. The molecule has 244 valence electrons. The van der Waals surface area contributed by atoms with Gasteiger partial charge in [0, 0.05) is 69.5 Å². The van der Waals surface area contributed by atoms with E-state index in [2.05, 4.69) is 54.0 Å². The predicted molar refractivity (Wildman–Crippen MR) is 192 cm³/mol. The number of carbonyl (C=O) groups excluding carboxylic acids is 2. The molecule has 10 heteroatoms. The van der Waals surface area contributed by atoms with E-state index in [1.165, 1.54) is 4.90 Å². The Kier molecular flexibility index (Phi) is 11.5. The summed E-state index contributed by atoms with van der Waals surface area (Å²) < 4.78 is 10.3. The number of nitrogens with zero attached hydrogens (tertiary/aromatic N) is 3. The molecule has 1 amide bonds. The SMILES string of the molecule is CCN(CC)Sc1ccc(OC)c(-n2cc(C)c(C(C=O)(c3ccc(Cl)cc3NC)N(C=O)c3cc(Cl)ccc3C)c2C(C)C)c1. The van der Waals surface area contributed by atoms with Crippen LogP contribution in [-0.2, 0) is 15.1 Å². The molecule has 1 N–H and O–H groups in total. The van der Waals surface area contributed by atoms with Gasteiger partial charge in [-0.25, -0.2) is 4.31 Å². The van der Waals surface area contributed by atoms with E-state index < -0.39 is 5.54 Å². The van der Waals surface area contributed by atoms with E-state index in [1.54, 1.807) is 50.4 Å². The van der Waals surface area contributed by atoms with Gasteiger partial charge in [0.25, 0.3) is 0 Å². The zero-order chi connectivity index (χ0) is 33.8. The normalized spacial score (nSPS) is 12.7. The molecule has 46 heavy (non-hydrogen) atoms. The maximum Gasteiger partial charge on any atom is 0.215 e. The number of methoxy groups -OCH3 is 1. The number of nitrogens with one attached hydrogen (secondary N) is 1. The average molecular weight is 682 g/mol. The topological polar surface area (TPSA) is 66.8 Å². The Labute approximate surface area is 287 Å². The van der Waals surface area contributed by atoms with Crippen molar-refractivity contribution in [1.82, 2.24) is 8.87 Å². The molecule has 1 atom stereocenters. The second-order valence-electron chi connectivity index (χ2n) is 11.4. The van der Waals surface area contributed by atoms with Gasteiger partial charge in [-0.3, -0.25) is 14.5 Å². The van der Waals surface area contributed by atoms with Crippen LogP contribution in [0.5, 0.6) is 5.75 Å². The Morgan fingerprint density at radius 3 is 2.24 bits per heavy atom. The second-order valence-corrected chi connectivity index (χ2v) is 13.4. The molecule has 1 unspecified atom stereocenters. The third-order valence-corrected chi connectivity index (χ3v) is 9.97. The lowest BCUT2D eigenvalue weighted by molar-refractivity contribution is -0.115. The minimum atomic E-state index is -1.62. The molecular weight excluding hydrogens is 639 g/mol. The highest BCUT2D eigenvalue weighted by atomic mass is 35.5. The maximum atomic E-state index is 14.1. The second kappa shape index (κ2) is 15.0. The highest BCUT2D eigenvalue weighted by Gasteiger charge is 2.47. The number of carbonyl (C=O) groups is 2. The van der Waals surface area contributed by atoms with Crippen LogP contribution in [0.2, 0.25) is 10.0 Å². The average Bonchev–Trinajstić information content (AvgIpc) is 3.41. The van der Waals surface area contributed by atoms with Crippen LogP contribution in [0, 0.1) is 13.8 Å². The monoisotopic (exact) mass is 680 g/mol. The van der Waals surface area contributed by atoms with Crippen LogP contribution in [0.4, 0.5) is 11.4 Å². The van der Waals surface area contributed by atoms with Crippen LogP contribution in [0.1, 0.15) is 61.6 Å². The molecule has 1 heterocycles. The van der Waals surface area contributed by atoms with Crippen molar-refractivity contribution in [3.63, 3.8) is 0 Å². The Morgan fingerprint density at radius 1 is 0.978 bits per heavy atom. The van der Waals surface area contributed by atoms with Crippen molar-refractivity contribution in [3.05, 3.63) is 98.8 Å². The Hall–Kier alpha value is -3.43. The first-order valence-corrected chi connectivity index (χ1v) is 16.8. The predicted octanol–water partition coefficient (Wildman–Crippen LogP) is 9.03. The maximum absolute atomic E-state index is 14.1. The first-order chi connectivity index (χ1) is 22.0. The molecule has 0 aliphatic carbocycles. The van der Waals surface area contributed by atoms with Crippen LogP contribution in [0.15, 0.2) is 65.7 Å². The van der Waals surface area contributed by atoms with Gasteiger partial charge in [-0.1, -0.05) is 63.0 Å².